The molecule has 1 heterocycles. The smallest absolute Gasteiger partial charge is 0.251 e. The molecule has 0 aromatic heterocycles. The molecule has 3 aromatic carbocycles. The van der Waals surface area contributed by atoms with Crippen molar-refractivity contribution >= 4 is 17.3 Å². The van der Waals surface area contributed by atoms with Crippen LogP contribution in [0.1, 0.15) is 23.6 Å². The molecule has 0 aliphatic carbocycles. The summed E-state index contributed by atoms with van der Waals surface area (Å²) in [4.78, 5) is 13.1. The number of rotatable bonds is 5. The monoisotopic (exact) mass is 388 g/mol. The highest BCUT2D eigenvalue weighted by atomic mass is 16.5. The Morgan fingerprint density at radius 3 is 2.31 bits per heavy atom. The topological polar surface area (TPSA) is 59.6 Å². The van der Waals surface area contributed by atoms with Gasteiger partial charge in [0, 0.05) is 23.9 Å². The minimum atomic E-state index is -0.553. The molecule has 4 rings (SSSR count). The van der Waals surface area contributed by atoms with Crippen LogP contribution in [0.3, 0.4) is 0 Å². The third-order valence-electron chi connectivity index (χ3n) is 4.77. The number of carbonyl (C=O) groups is 1. The molecular weight excluding hydrogens is 364 g/mol. The number of benzene rings is 3. The first-order valence-electron chi connectivity index (χ1n) is 9.78. The summed E-state index contributed by atoms with van der Waals surface area (Å²) in [6.07, 6.45) is 0.850. The van der Waals surface area contributed by atoms with E-state index in [2.05, 4.69) is 10.6 Å². The number of fused-ring (bicyclic) bond motifs is 1. The van der Waals surface area contributed by atoms with Crippen LogP contribution >= 0.6 is 0 Å². The van der Waals surface area contributed by atoms with E-state index in [0.29, 0.717) is 19.0 Å². The SMILES string of the molecule is Cc1ccc(NC(=O)[C@H](Nc2ccc3c(c2)OCCCO3)c2ccccc2)cc1. The molecule has 5 nitrogen and oxygen atoms in total. The molecule has 0 radical (unpaired) electrons. The van der Waals surface area contributed by atoms with Crippen molar-refractivity contribution in [1.29, 1.82) is 0 Å². The summed E-state index contributed by atoms with van der Waals surface area (Å²) in [5.74, 6) is 1.29. The summed E-state index contributed by atoms with van der Waals surface area (Å²) >= 11 is 0. The Labute approximate surface area is 170 Å². The molecule has 0 spiro atoms. The molecule has 0 fully saturated rings. The summed E-state index contributed by atoms with van der Waals surface area (Å²) in [7, 11) is 0. The molecule has 1 atom stereocenters. The van der Waals surface area contributed by atoms with Gasteiger partial charge in [-0.1, -0.05) is 48.0 Å². The van der Waals surface area contributed by atoms with Crippen LogP contribution in [0.4, 0.5) is 11.4 Å². The van der Waals surface area contributed by atoms with E-state index < -0.39 is 6.04 Å². The molecule has 3 aromatic rings. The van der Waals surface area contributed by atoms with E-state index in [1.807, 2.05) is 79.7 Å². The molecule has 0 unspecified atom stereocenters. The fourth-order valence-corrected chi connectivity index (χ4v) is 3.22. The molecule has 1 aliphatic rings. The van der Waals surface area contributed by atoms with E-state index in [-0.39, 0.29) is 5.91 Å². The molecule has 5 heteroatoms. The highest BCUT2D eigenvalue weighted by Crippen LogP contribution is 2.33. The van der Waals surface area contributed by atoms with E-state index in [4.69, 9.17) is 9.47 Å². The fourth-order valence-electron chi connectivity index (χ4n) is 3.22. The van der Waals surface area contributed by atoms with Crippen molar-refractivity contribution in [2.45, 2.75) is 19.4 Å². The van der Waals surface area contributed by atoms with Crippen LogP contribution in [0.15, 0.2) is 72.8 Å². The third-order valence-corrected chi connectivity index (χ3v) is 4.77. The van der Waals surface area contributed by atoms with Crippen molar-refractivity contribution in [2.24, 2.45) is 0 Å². The molecule has 148 valence electrons. The Balaban J connectivity index is 1.58. The van der Waals surface area contributed by atoms with Crippen LogP contribution in [-0.2, 0) is 4.79 Å². The van der Waals surface area contributed by atoms with Gasteiger partial charge in [0.15, 0.2) is 11.5 Å². The lowest BCUT2D eigenvalue weighted by atomic mass is 10.1. The third kappa shape index (κ3) is 4.69. The second-order valence-electron chi connectivity index (χ2n) is 7.06. The Bertz CT molecular complexity index is 971. The van der Waals surface area contributed by atoms with Gasteiger partial charge in [0.25, 0.3) is 5.91 Å². The predicted octanol–water partition coefficient (Wildman–Crippen LogP) is 4.95. The van der Waals surface area contributed by atoms with Gasteiger partial charge in [-0.25, -0.2) is 0 Å². The lowest BCUT2D eigenvalue weighted by Gasteiger charge is -2.21. The minimum absolute atomic E-state index is 0.132. The van der Waals surface area contributed by atoms with Gasteiger partial charge in [-0.3, -0.25) is 4.79 Å². The molecule has 29 heavy (non-hydrogen) atoms. The minimum Gasteiger partial charge on any atom is -0.490 e. The standard InChI is InChI=1S/C24H24N2O3/c1-17-8-10-19(11-9-17)26-24(27)23(18-6-3-2-4-7-18)25-20-12-13-21-22(16-20)29-15-5-14-28-21/h2-4,6-13,16,23,25H,5,14-15H2,1H3,(H,26,27)/t23-/m1/s1. The van der Waals surface area contributed by atoms with Crippen molar-refractivity contribution in [3.8, 4) is 11.5 Å². The van der Waals surface area contributed by atoms with Crippen LogP contribution < -0.4 is 20.1 Å². The maximum Gasteiger partial charge on any atom is 0.251 e. The molecule has 0 bridgehead atoms. The quantitative estimate of drug-likeness (QED) is 0.649. The van der Waals surface area contributed by atoms with Crippen molar-refractivity contribution in [2.75, 3.05) is 23.8 Å². The zero-order valence-electron chi connectivity index (χ0n) is 16.4. The second kappa shape index (κ2) is 8.69. The average Bonchev–Trinajstić information content (AvgIpc) is 2.99. The first kappa shape index (κ1) is 18.9. The second-order valence-corrected chi connectivity index (χ2v) is 7.06. The van der Waals surface area contributed by atoms with Gasteiger partial charge in [-0.15, -0.1) is 0 Å². The Hall–Kier alpha value is -3.47. The molecule has 0 saturated carbocycles. The van der Waals surface area contributed by atoms with Gasteiger partial charge < -0.3 is 20.1 Å². The van der Waals surface area contributed by atoms with Crippen molar-refractivity contribution in [3.63, 3.8) is 0 Å². The van der Waals surface area contributed by atoms with Crippen LogP contribution in [0.5, 0.6) is 11.5 Å². The molecule has 1 aliphatic heterocycles. The number of amides is 1. The normalized spacial score (nSPS) is 13.8. The molecule has 0 saturated heterocycles. The molecular formula is C24H24N2O3. The Morgan fingerprint density at radius 2 is 1.55 bits per heavy atom. The first-order valence-corrected chi connectivity index (χ1v) is 9.78. The number of nitrogens with one attached hydrogen (secondary N) is 2. The number of hydrogen-bond acceptors (Lipinski definition) is 4. The largest absolute Gasteiger partial charge is 0.490 e. The molecule has 1 amide bonds. The lowest BCUT2D eigenvalue weighted by Crippen LogP contribution is -2.27. The Kier molecular flexibility index (Phi) is 5.66. The van der Waals surface area contributed by atoms with Gasteiger partial charge in [0.05, 0.1) is 13.2 Å². The van der Waals surface area contributed by atoms with Gasteiger partial charge in [-0.05, 0) is 36.8 Å². The van der Waals surface area contributed by atoms with Crippen molar-refractivity contribution in [3.05, 3.63) is 83.9 Å². The van der Waals surface area contributed by atoms with Gasteiger partial charge in [0.2, 0.25) is 0 Å². The number of ether oxygens (including phenoxy) is 2. The average molecular weight is 388 g/mol. The van der Waals surface area contributed by atoms with E-state index >= 15 is 0 Å². The van der Waals surface area contributed by atoms with Crippen LogP contribution in [0.25, 0.3) is 0 Å². The summed E-state index contributed by atoms with van der Waals surface area (Å²) in [6, 6.07) is 22.6. The summed E-state index contributed by atoms with van der Waals surface area (Å²) in [5.41, 5.74) is 3.58. The number of anilines is 2. The summed E-state index contributed by atoms with van der Waals surface area (Å²) in [5, 5.41) is 6.35. The summed E-state index contributed by atoms with van der Waals surface area (Å²) in [6.45, 7) is 3.28. The highest BCUT2D eigenvalue weighted by Gasteiger charge is 2.21. The lowest BCUT2D eigenvalue weighted by molar-refractivity contribution is -0.117. The van der Waals surface area contributed by atoms with Gasteiger partial charge in [-0.2, -0.15) is 0 Å². The summed E-state index contributed by atoms with van der Waals surface area (Å²) < 4.78 is 11.5. The van der Waals surface area contributed by atoms with Crippen LogP contribution in [0.2, 0.25) is 0 Å². The first-order chi connectivity index (χ1) is 14.2. The number of hydrogen-bond donors (Lipinski definition) is 2. The van der Waals surface area contributed by atoms with Gasteiger partial charge >= 0.3 is 0 Å². The van der Waals surface area contributed by atoms with E-state index in [9.17, 15) is 4.79 Å². The Morgan fingerprint density at radius 1 is 0.862 bits per heavy atom. The van der Waals surface area contributed by atoms with E-state index in [1.54, 1.807) is 0 Å². The molecule has 2 N–H and O–H groups in total. The maximum absolute atomic E-state index is 13.1. The number of aryl methyl sites for hydroxylation is 1. The number of carbonyl (C=O) groups excluding carboxylic acids is 1. The predicted molar refractivity (Wildman–Crippen MR) is 115 cm³/mol. The van der Waals surface area contributed by atoms with Crippen molar-refractivity contribution in [1.82, 2.24) is 0 Å². The highest BCUT2D eigenvalue weighted by molar-refractivity contribution is 5.97. The fraction of sp³-hybridized carbons (Fsp3) is 0.208. The van der Waals surface area contributed by atoms with Gasteiger partial charge in [0.1, 0.15) is 6.04 Å². The van der Waals surface area contributed by atoms with Crippen molar-refractivity contribution < 1.29 is 14.3 Å². The zero-order chi connectivity index (χ0) is 20.1. The van der Waals surface area contributed by atoms with Crippen LogP contribution in [-0.4, -0.2) is 19.1 Å². The van der Waals surface area contributed by atoms with Crippen LogP contribution in [0, 0.1) is 6.92 Å². The zero-order valence-corrected chi connectivity index (χ0v) is 16.4. The van der Waals surface area contributed by atoms with E-state index in [1.165, 1.54) is 0 Å². The van der Waals surface area contributed by atoms with E-state index in [0.717, 1.165) is 34.7 Å². The maximum atomic E-state index is 13.1.